The van der Waals surface area contributed by atoms with E-state index in [2.05, 4.69) is 12.2 Å². The fraction of sp³-hybridized carbons (Fsp3) is 0.647. The predicted octanol–water partition coefficient (Wildman–Crippen LogP) is 5.51. The van der Waals surface area contributed by atoms with Crippen molar-refractivity contribution in [2.45, 2.75) is 64.8 Å². The van der Waals surface area contributed by atoms with Crippen molar-refractivity contribution >= 4 is 0 Å². The number of hydrogen-bond acceptors (Lipinski definition) is 1. The van der Waals surface area contributed by atoms with Gasteiger partial charge in [-0.05, 0) is 19.0 Å². The Kier molecular flexibility index (Phi) is 8.43. The highest BCUT2D eigenvalue weighted by molar-refractivity contribution is 5.23. The Morgan fingerprint density at radius 2 is 1.48 bits per heavy atom. The van der Waals surface area contributed by atoms with Crippen molar-refractivity contribution in [3.63, 3.8) is 0 Å². The third-order valence-electron chi connectivity index (χ3n) is 3.71. The molecule has 0 radical (unpaired) electrons. The van der Waals surface area contributed by atoms with Gasteiger partial charge in [-0.15, -0.1) is 0 Å². The first kappa shape index (κ1) is 18.0. The largest absolute Gasteiger partial charge is 0.310 e. The third kappa shape index (κ3) is 6.08. The number of unbranched alkanes of at least 4 members (excludes halogenated alkanes) is 5. The summed E-state index contributed by atoms with van der Waals surface area (Å²) in [5.41, 5.74) is 0.226. The Morgan fingerprint density at radius 1 is 0.857 bits per heavy atom. The van der Waals surface area contributed by atoms with Crippen molar-refractivity contribution in [2.75, 3.05) is 6.54 Å². The van der Waals surface area contributed by atoms with E-state index in [1.807, 2.05) is 6.92 Å². The maximum absolute atomic E-state index is 13.8. The van der Waals surface area contributed by atoms with Crippen LogP contribution in [0, 0.1) is 17.5 Å². The molecular formula is C17H26F3N. The quantitative estimate of drug-likeness (QED) is 0.444. The van der Waals surface area contributed by atoms with E-state index < -0.39 is 17.5 Å². The van der Waals surface area contributed by atoms with Crippen LogP contribution >= 0.6 is 0 Å². The van der Waals surface area contributed by atoms with Gasteiger partial charge in [-0.25, -0.2) is 13.2 Å². The summed E-state index contributed by atoms with van der Waals surface area (Å²) >= 11 is 0. The minimum atomic E-state index is -1.13. The molecule has 1 nitrogen and oxygen atoms in total. The second-order valence-corrected chi connectivity index (χ2v) is 5.45. The predicted molar refractivity (Wildman–Crippen MR) is 80.7 cm³/mol. The van der Waals surface area contributed by atoms with Crippen molar-refractivity contribution in [1.82, 2.24) is 5.32 Å². The van der Waals surface area contributed by atoms with Gasteiger partial charge >= 0.3 is 0 Å². The van der Waals surface area contributed by atoms with Crippen molar-refractivity contribution < 1.29 is 13.2 Å². The Bertz CT molecular complexity index is 421. The highest BCUT2D eigenvalue weighted by Gasteiger charge is 2.17. The van der Waals surface area contributed by atoms with Crippen LogP contribution in [-0.4, -0.2) is 6.54 Å². The molecule has 1 rings (SSSR count). The van der Waals surface area contributed by atoms with E-state index in [1.54, 1.807) is 0 Å². The summed E-state index contributed by atoms with van der Waals surface area (Å²) in [4.78, 5) is 0. The van der Waals surface area contributed by atoms with Crippen LogP contribution in [0.2, 0.25) is 0 Å². The molecule has 0 bridgehead atoms. The van der Waals surface area contributed by atoms with Crippen molar-refractivity contribution in [3.05, 3.63) is 35.1 Å². The molecule has 120 valence electrons. The first-order valence-corrected chi connectivity index (χ1v) is 7.98. The molecule has 0 spiro atoms. The van der Waals surface area contributed by atoms with Crippen molar-refractivity contribution in [2.24, 2.45) is 0 Å². The topological polar surface area (TPSA) is 12.0 Å². The number of nitrogens with one attached hydrogen (secondary N) is 1. The lowest BCUT2D eigenvalue weighted by atomic mass is 9.98. The van der Waals surface area contributed by atoms with Crippen LogP contribution in [0.4, 0.5) is 13.2 Å². The Hall–Kier alpha value is -1.03. The summed E-state index contributed by atoms with van der Waals surface area (Å²) in [6.45, 7) is 4.76. The van der Waals surface area contributed by atoms with Crippen LogP contribution in [0.25, 0.3) is 0 Å². The normalized spacial score (nSPS) is 12.6. The van der Waals surface area contributed by atoms with Gasteiger partial charge in [0.05, 0.1) is 0 Å². The van der Waals surface area contributed by atoms with E-state index in [0.717, 1.165) is 25.3 Å². The van der Waals surface area contributed by atoms with E-state index in [9.17, 15) is 13.2 Å². The van der Waals surface area contributed by atoms with Gasteiger partial charge in [-0.3, -0.25) is 0 Å². The Morgan fingerprint density at radius 3 is 2.14 bits per heavy atom. The van der Waals surface area contributed by atoms with Crippen LogP contribution < -0.4 is 5.32 Å². The summed E-state index contributed by atoms with van der Waals surface area (Å²) < 4.78 is 40.1. The van der Waals surface area contributed by atoms with Gasteiger partial charge < -0.3 is 5.32 Å². The smallest absolute Gasteiger partial charge is 0.161 e. The van der Waals surface area contributed by atoms with Gasteiger partial charge in [0.15, 0.2) is 11.6 Å². The maximum Gasteiger partial charge on any atom is 0.161 e. The van der Waals surface area contributed by atoms with Gasteiger partial charge in [0, 0.05) is 17.7 Å². The lowest BCUT2D eigenvalue weighted by Gasteiger charge is -2.19. The maximum atomic E-state index is 13.8. The first-order chi connectivity index (χ1) is 10.1. The van der Waals surface area contributed by atoms with Crippen molar-refractivity contribution in [1.29, 1.82) is 0 Å². The lowest BCUT2D eigenvalue weighted by Crippen LogP contribution is -2.22. The van der Waals surface area contributed by atoms with Crippen molar-refractivity contribution in [3.8, 4) is 0 Å². The van der Waals surface area contributed by atoms with Gasteiger partial charge in [0.1, 0.15) is 5.82 Å². The second-order valence-electron chi connectivity index (χ2n) is 5.45. The summed E-state index contributed by atoms with van der Waals surface area (Å²) in [7, 11) is 0. The summed E-state index contributed by atoms with van der Waals surface area (Å²) in [5, 5.41) is 3.16. The SMILES string of the molecule is CCCCCCCCC(NCC)c1cc(F)c(F)cc1F. The monoisotopic (exact) mass is 301 g/mol. The number of benzene rings is 1. The van der Waals surface area contributed by atoms with Gasteiger partial charge in [0.25, 0.3) is 0 Å². The van der Waals surface area contributed by atoms with Gasteiger partial charge in [0.2, 0.25) is 0 Å². The van der Waals surface area contributed by atoms with E-state index >= 15 is 0 Å². The zero-order valence-electron chi connectivity index (χ0n) is 13.0. The molecule has 0 saturated carbocycles. The molecule has 1 aromatic rings. The van der Waals surface area contributed by atoms with E-state index in [4.69, 9.17) is 0 Å². The van der Waals surface area contributed by atoms with Crippen LogP contribution in [0.3, 0.4) is 0 Å². The average Bonchev–Trinajstić information content (AvgIpc) is 2.45. The Balaban J connectivity index is 2.58. The summed E-state index contributed by atoms with van der Waals surface area (Å²) in [5.74, 6) is -2.80. The molecule has 1 atom stereocenters. The molecule has 0 aromatic heterocycles. The number of halogens is 3. The molecule has 1 N–H and O–H groups in total. The number of hydrogen-bond donors (Lipinski definition) is 1. The highest BCUT2D eigenvalue weighted by Crippen LogP contribution is 2.25. The molecule has 0 saturated heterocycles. The second kappa shape index (κ2) is 9.82. The molecular weight excluding hydrogens is 275 g/mol. The van der Waals surface area contributed by atoms with Gasteiger partial charge in [-0.2, -0.15) is 0 Å². The fourth-order valence-corrected chi connectivity index (χ4v) is 2.55. The molecule has 1 unspecified atom stereocenters. The lowest BCUT2D eigenvalue weighted by molar-refractivity contribution is 0.441. The van der Waals surface area contributed by atoms with E-state index in [-0.39, 0.29) is 11.6 Å². The van der Waals surface area contributed by atoms with Crippen LogP contribution in [0.15, 0.2) is 12.1 Å². The molecule has 0 heterocycles. The molecule has 0 aliphatic rings. The number of rotatable bonds is 10. The Labute approximate surface area is 125 Å². The molecule has 4 heteroatoms. The summed E-state index contributed by atoms with van der Waals surface area (Å²) in [6.07, 6.45) is 7.64. The molecule has 0 aliphatic heterocycles. The van der Waals surface area contributed by atoms with Crippen LogP contribution in [0.5, 0.6) is 0 Å². The molecule has 21 heavy (non-hydrogen) atoms. The minimum Gasteiger partial charge on any atom is -0.310 e. The first-order valence-electron chi connectivity index (χ1n) is 7.98. The van der Waals surface area contributed by atoms with E-state index in [1.165, 1.54) is 25.7 Å². The molecule has 0 fully saturated rings. The van der Waals surface area contributed by atoms with Crippen LogP contribution in [-0.2, 0) is 0 Å². The fourth-order valence-electron chi connectivity index (χ4n) is 2.55. The standard InChI is InChI=1S/C17H26F3N/c1-3-5-6-7-8-9-10-17(21-4-2)13-11-15(19)16(20)12-14(13)18/h11-12,17,21H,3-10H2,1-2H3. The highest BCUT2D eigenvalue weighted by atomic mass is 19.2. The summed E-state index contributed by atoms with van der Waals surface area (Å²) in [6, 6.07) is 1.36. The van der Waals surface area contributed by atoms with Gasteiger partial charge in [-0.1, -0.05) is 52.4 Å². The van der Waals surface area contributed by atoms with E-state index in [0.29, 0.717) is 12.6 Å². The molecule has 1 aromatic carbocycles. The average molecular weight is 301 g/mol. The minimum absolute atomic E-state index is 0.226. The molecule has 0 aliphatic carbocycles. The zero-order valence-corrected chi connectivity index (χ0v) is 13.0. The third-order valence-corrected chi connectivity index (χ3v) is 3.71. The molecule has 0 amide bonds. The zero-order chi connectivity index (χ0) is 15.7. The van der Waals surface area contributed by atoms with Crippen LogP contribution in [0.1, 0.15) is 70.4 Å².